The minimum absolute atomic E-state index is 0.0167. The van der Waals surface area contributed by atoms with Crippen molar-refractivity contribution in [1.82, 2.24) is 24.0 Å². The van der Waals surface area contributed by atoms with E-state index in [1.54, 1.807) is 45.3 Å². The lowest BCUT2D eigenvalue weighted by atomic mass is 10.2. The first kappa shape index (κ1) is 24.2. The van der Waals surface area contributed by atoms with Crippen LogP contribution in [0.25, 0.3) is 11.2 Å². The van der Waals surface area contributed by atoms with Gasteiger partial charge in [-0.2, -0.15) is 9.97 Å². The predicted octanol–water partition coefficient (Wildman–Crippen LogP) is 1.73. The molecule has 0 bridgehead atoms. The van der Waals surface area contributed by atoms with Crippen molar-refractivity contribution in [3.8, 4) is 5.75 Å². The maximum atomic E-state index is 13.4. The quantitative estimate of drug-likeness (QED) is 0.484. The van der Waals surface area contributed by atoms with E-state index in [1.807, 2.05) is 6.92 Å². The van der Waals surface area contributed by atoms with Crippen molar-refractivity contribution in [3.05, 3.63) is 40.3 Å². The number of aromatic nitrogens is 4. The molecule has 0 radical (unpaired) electrons. The Balaban J connectivity index is 2.28. The molecule has 12 heteroatoms. The van der Waals surface area contributed by atoms with E-state index in [4.69, 9.17) is 10.5 Å². The molecule has 0 atom stereocenters. The number of imidazole rings is 1. The Bertz CT molecular complexity index is 1330. The summed E-state index contributed by atoms with van der Waals surface area (Å²) < 4.78 is 32.5. The van der Waals surface area contributed by atoms with E-state index in [-0.39, 0.29) is 29.3 Å². The largest absolute Gasteiger partial charge is 0.497 e. The van der Waals surface area contributed by atoms with Gasteiger partial charge in [-0.25, -0.2) is 22.6 Å². The summed E-state index contributed by atoms with van der Waals surface area (Å²) in [5, 5.41) is -0.468. The zero-order valence-corrected chi connectivity index (χ0v) is 19.9. The first-order valence-corrected chi connectivity index (χ1v) is 12.2. The average molecular weight is 477 g/mol. The van der Waals surface area contributed by atoms with Crippen LogP contribution in [-0.2, 0) is 16.4 Å². The van der Waals surface area contributed by atoms with Crippen LogP contribution in [0.5, 0.6) is 5.75 Å². The smallest absolute Gasteiger partial charge is 0.339 e. The summed E-state index contributed by atoms with van der Waals surface area (Å²) in [6, 6.07) is 6.40. The molecule has 0 fully saturated rings. The zero-order valence-electron chi connectivity index (χ0n) is 19.1. The van der Waals surface area contributed by atoms with E-state index in [9.17, 15) is 18.0 Å². The molecular weight excluding hydrogens is 448 g/mol. The number of ether oxygens (including phenoxy) is 1. The molecule has 3 aromatic rings. The van der Waals surface area contributed by atoms with Gasteiger partial charge in [-0.1, -0.05) is 26.0 Å². The third-order valence-electron chi connectivity index (χ3n) is 5.10. The summed E-state index contributed by atoms with van der Waals surface area (Å²) in [4.78, 5) is 36.0. The minimum atomic E-state index is -3.81. The highest BCUT2D eigenvalue weighted by molar-refractivity contribution is 7.91. The van der Waals surface area contributed by atoms with Gasteiger partial charge in [0, 0.05) is 13.6 Å². The lowest BCUT2D eigenvalue weighted by Crippen LogP contribution is -2.38. The van der Waals surface area contributed by atoms with E-state index in [2.05, 4.69) is 9.97 Å². The lowest BCUT2D eigenvalue weighted by Gasteiger charge is -2.16. The molecule has 0 aliphatic heterocycles. The van der Waals surface area contributed by atoms with Crippen LogP contribution in [-0.4, -0.2) is 64.9 Å². The van der Waals surface area contributed by atoms with Crippen molar-refractivity contribution in [2.45, 2.75) is 38.4 Å². The highest BCUT2D eigenvalue weighted by Gasteiger charge is 2.28. The molecular formula is C21H28N6O5S. The molecule has 0 aliphatic rings. The molecule has 0 spiro atoms. The van der Waals surface area contributed by atoms with E-state index in [1.165, 1.54) is 9.47 Å². The highest BCUT2D eigenvalue weighted by atomic mass is 32.2. The van der Waals surface area contributed by atoms with Crippen LogP contribution in [0.3, 0.4) is 0 Å². The fourth-order valence-electron chi connectivity index (χ4n) is 3.48. The molecule has 2 N–H and O–H groups in total. The molecule has 33 heavy (non-hydrogen) atoms. The number of rotatable bonds is 8. The van der Waals surface area contributed by atoms with Crippen molar-refractivity contribution in [2.24, 2.45) is 0 Å². The van der Waals surface area contributed by atoms with Gasteiger partial charge in [0.15, 0.2) is 11.5 Å². The second-order valence-electron chi connectivity index (χ2n) is 7.64. The molecule has 2 aromatic heterocycles. The topological polar surface area (TPSA) is 142 Å². The molecule has 3 rings (SSSR count). The number of benzene rings is 1. The Morgan fingerprint density at radius 2 is 1.82 bits per heavy atom. The average Bonchev–Trinajstić information content (AvgIpc) is 3.06. The van der Waals surface area contributed by atoms with Crippen LogP contribution >= 0.6 is 0 Å². The van der Waals surface area contributed by atoms with Gasteiger partial charge >= 0.3 is 11.7 Å². The fourth-order valence-corrected chi connectivity index (χ4v) is 4.67. The van der Waals surface area contributed by atoms with E-state index >= 15 is 0 Å². The number of amides is 1. The van der Waals surface area contributed by atoms with Gasteiger partial charge in [-0.3, -0.25) is 4.57 Å². The van der Waals surface area contributed by atoms with Gasteiger partial charge in [0.25, 0.3) is 5.16 Å². The fraction of sp³-hybridized carbons (Fsp3) is 0.429. The first-order chi connectivity index (χ1) is 15.6. The van der Waals surface area contributed by atoms with Crippen LogP contribution in [0.4, 0.5) is 10.6 Å². The van der Waals surface area contributed by atoms with Crippen LogP contribution in [0.1, 0.15) is 32.3 Å². The number of methoxy groups -OCH3 is 1. The summed E-state index contributed by atoms with van der Waals surface area (Å²) >= 11 is 0. The molecule has 0 unspecified atom stereocenters. The van der Waals surface area contributed by atoms with Gasteiger partial charge in [0.05, 0.1) is 19.4 Å². The minimum Gasteiger partial charge on any atom is -0.497 e. The molecule has 1 aromatic carbocycles. The summed E-state index contributed by atoms with van der Waals surface area (Å²) in [5.41, 5.74) is 6.11. The zero-order chi connectivity index (χ0) is 24.3. The van der Waals surface area contributed by atoms with Crippen molar-refractivity contribution in [3.63, 3.8) is 0 Å². The number of hydrogen-bond donors (Lipinski definition) is 1. The van der Waals surface area contributed by atoms with E-state index in [0.29, 0.717) is 25.1 Å². The predicted molar refractivity (Wildman–Crippen MR) is 124 cm³/mol. The molecule has 11 nitrogen and oxygen atoms in total. The van der Waals surface area contributed by atoms with Crippen molar-refractivity contribution in [2.75, 3.05) is 32.2 Å². The number of nitrogens with zero attached hydrogens (tertiary/aromatic N) is 5. The summed E-state index contributed by atoms with van der Waals surface area (Å²) in [6.45, 7) is 4.08. The number of carbonyl (C=O) groups is 1. The molecule has 0 saturated carbocycles. The molecule has 2 heterocycles. The van der Waals surface area contributed by atoms with Gasteiger partial charge < -0.3 is 15.4 Å². The van der Waals surface area contributed by atoms with Gasteiger partial charge in [0.2, 0.25) is 9.84 Å². The summed E-state index contributed by atoms with van der Waals surface area (Å²) in [5.74, 6) is 0.224. The molecule has 0 saturated heterocycles. The van der Waals surface area contributed by atoms with Crippen molar-refractivity contribution in [1.29, 1.82) is 0 Å². The summed E-state index contributed by atoms with van der Waals surface area (Å²) in [6.07, 6.45) is 1.05. The normalized spacial score (nSPS) is 11.6. The van der Waals surface area contributed by atoms with Crippen LogP contribution in [0.2, 0.25) is 0 Å². The lowest BCUT2D eigenvalue weighted by molar-refractivity contribution is 0.210. The van der Waals surface area contributed by atoms with Crippen LogP contribution in [0, 0.1) is 0 Å². The molecule has 178 valence electrons. The highest BCUT2D eigenvalue weighted by Crippen LogP contribution is 2.22. The van der Waals surface area contributed by atoms with Crippen LogP contribution in [0.15, 0.2) is 34.2 Å². The van der Waals surface area contributed by atoms with Crippen LogP contribution < -0.4 is 16.2 Å². The first-order valence-electron chi connectivity index (χ1n) is 10.5. The number of sulfone groups is 1. The number of carbonyl (C=O) groups excluding carboxylic acids is 1. The van der Waals surface area contributed by atoms with Crippen molar-refractivity contribution < 1.29 is 17.9 Å². The Hall–Kier alpha value is -3.41. The molecule has 0 aliphatic carbocycles. The van der Waals surface area contributed by atoms with E-state index in [0.717, 1.165) is 10.1 Å². The van der Waals surface area contributed by atoms with Crippen molar-refractivity contribution >= 4 is 32.9 Å². The third-order valence-corrected chi connectivity index (χ3v) is 6.79. The van der Waals surface area contributed by atoms with Gasteiger partial charge in [-0.15, -0.1) is 0 Å². The third kappa shape index (κ3) is 4.70. The standard InChI is InChI=1S/C21H28N6O5S/c1-5-11-25(3)20(28)27-16-17(22)23-19(33(30,31)12-6-2)24-18(16)26(21(27)29)13-14-7-9-15(32-4)10-8-14/h7-10H,5-6,11-13H2,1-4H3,(H2,22,23,24). The second-order valence-corrected chi connectivity index (χ2v) is 9.64. The maximum Gasteiger partial charge on any atom is 0.339 e. The second kappa shape index (κ2) is 9.61. The number of nitrogens with two attached hydrogens (primary N) is 1. The monoisotopic (exact) mass is 476 g/mol. The SMILES string of the molecule is CCCN(C)C(=O)n1c(=O)n(Cc2ccc(OC)cc2)c2nc(S(=O)(=O)CCC)nc(N)c21. The number of hydrogen-bond acceptors (Lipinski definition) is 8. The van der Waals surface area contributed by atoms with Gasteiger partial charge in [-0.05, 0) is 30.5 Å². The Morgan fingerprint density at radius 3 is 2.39 bits per heavy atom. The Labute approximate surface area is 191 Å². The molecule has 1 amide bonds. The Kier molecular flexibility index (Phi) is 7.06. The number of nitrogen functional groups attached to an aromatic ring is 1. The number of fused-ring (bicyclic) bond motifs is 1. The Morgan fingerprint density at radius 1 is 1.15 bits per heavy atom. The van der Waals surface area contributed by atoms with E-state index < -0.39 is 26.7 Å². The maximum absolute atomic E-state index is 13.4. The number of anilines is 1. The van der Waals surface area contributed by atoms with Gasteiger partial charge in [0.1, 0.15) is 11.3 Å². The summed E-state index contributed by atoms with van der Waals surface area (Å²) in [7, 11) is -0.694.